The quantitative estimate of drug-likeness (QED) is 0.646. The average molecular weight is 415 g/mol. The van der Waals surface area contributed by atoms with Crippen molar-refractivity contribution in [1.82, 2.24) is 20.2 Å². The van der Waals surface area contributed by atoms with Crippen LogP contribution in [-0.4, -0.2) is 57.4 Å². The molecule has 1 heterocycles. The van der Waals surface area contributed by atoms with Crippen LogP contribution < -0.4 is 5.32 Å². The van der Waals surface area contributed by atoms with Gasteiger partial charge in [-0.15, -0.1) is 0 Å². The molecule has 0 spiro atoms. The van der Waals surface area contributed by atoms with Crippen LogP contribution in [0.15, 0.2) is 36.7 Å². The molecule has 8 nitrogen and oxygen atoms in total. The first-order chi connectivity index (χ1) is 14.2. The number of imidazole rings is 1. The first-order valence-corrected chi connectivity index (χ1v) is 10.1. The number of amides is 2. The molecule has 0 unspecified atom stereocenters. The number of hydrogen-bond acceptors (Lipinski definition) is 5. The van der Waals surface area contributed by atoms with E-state index in [-0.39, 0.29) is 23.7 Å². The van der Waals surface area contributed by atoms with E-state index < -0.39 is 23.5 Å². The van der Waals surface area contributed by atoms with Crippen LogP contribution in [0.3, 0.4) is 0 Å². The molecule has 0 bridgehead atoms. The minimum absolute atomic E-state index is 0.0477. The molecule has 0 saturated heterocycles. The average Bonchev–Trinajstić information content (AvgIpc) is 3.17. The molecule has 162 valence electrons. The van der Waals surface area contributed by atoms with E-state index >= 15 is 0 Å². The van der Waals surface area contributed by atoms with E-state index in [4.69, 9.17) is 4.74 Å². The summed E-state index contributed by atoms with van der Waals surface area (Å²) in [4.78, 5) is 46.7. The fraction of sp³-hybridized carbons (Fsp3) is 0.455. The van der Waals surface area contributed by atoms with Crippen molar-refractivity contribution in [3.8, 4) is 0 Å². The van der Waals surface area contributed by atoms with Crippen molar-refractivity contribution in [3.63, 3.8) is 0 Å². The first kappa shape index (κ1) is 23.1. The van der Waals surface area contributed by atoms with E-state index in [1.54, 1.807) is 25.7 Å². The summed E-state index contributed by atoms with van der Waals surface area (Å²) in [6.07, 6.45) is 1.55. The lowest BCUT2D eigenvalue weighted by atomic mass is 10.1. The Hall–Kier alpha value is -3.16. The van der Waals surface area contributed by atoms with Gasteiger partial charge >= 0.3 is 5.97 Å². The molecule has 2 amide bonds. The minimum Gasteiger partial charge on any atom is -0.458 e. The van der Waals surface area contributed by atoms with Gasteiger partial charge in [0.15, 0.2) is 5.69 Å². The van der Waals surface area contributed by atoms with E-state index in [0.717, 1.165) is 5.56 Å². The number of carbonyl (C=O) groups is 3. The van der Waals surface area contributed by atoms with Crippen molar-refractivity contribution < 1.29 is 19.1 Å². The van der Waals surface area contributed by atoms with Crippen LogP contribution in [0.4, 0.5) is 0 Å². The van der Waals surface area contributed by atoms with E-state index in [0.29, 0.717) is 13.1 Å². The summed E-state index contributed by atoms with van der Waals surface area (Å²) in [5, 5.41) is 2.69. The Morgan fingerprint density at radius 1 is 1.13 bits per heavy atom. The second kappa shape index (κ2) is 10.0. The molecule has 0 radical (unpaired) electrons. The zero-order valence-corrected chi connectivity index (χ0v) is 18.2. The summed E-state index contributed by atoms with van der Waals surface area (Å²) >= 11 is 0. The van der Waals surface area contributed by atoms with E-state index in [1.807, 2.05) is 44.2 Å². The van der Waals surface area contributed by atoms with Crippen LogP contribution in [0.1, 0.15) is 61.2 Å². The third-order valence-corrected chi connectivity index (χ3v) is 4.40. The maximum absolute atomic E-state index is 12.9. The van der Waals surface area contributed by atoms with E-state index in [9.17, 15) is 14.4 Å². The van der Waals surface area contributed by atoms with Gasteiger partial charge in [0.1, 0.15) is 17.3 Å². The highest BCUT2D eigenvalue weighted by Crippen LogP contribution is 2.13. The van der Waals surface area contributed by atoms with Crippen molar-refractivity contribution in [2.45, 2.75) is 52.7 Å². The number of aromatic nitrogens is 2. The van der Waals surface area contributed by atoms with Crippen molar-refractivity contribution in [1.29, 1.82) is 0 Å². The summed E-state index contributed by atoms with van der Waals surface area (Å²) in [5.74, 6) is -1.48. The fourth-order valence-electron chi connectivity index (χ4n) is 2.94. The van der Waals surface area contributed by atoms with Gasteiger partial charge in [0.25, 0.3) is 11.8 Å². The minimum atomic E-state index is -0.924. The second-order valence-corrected chi connectivity index (χ2v) is 7.85. The molecule has 0 aliphatic carbocycles. The Morgan fingerprint density at radius 2 is 1.77 bits per heavy atom. The number of rotatable bonds is 8. The lowest BCUT2D eigenvalue weighted by Crippen LogP contribution is -2.46. The van der Waals surface area contributed by atoms with Crippen LogP contribution in [0.25, 0.3) is 0 Å². The summed E-state index contributed by atoms with van der Waals surface area (Å²) in [6, 6.07) is 8.41. The lowest BCUT2D eigenvalue weighted by Gasteiger charge is -2.24. The predicted octanol–water partition coefficient (Wildman–Crippen LogP) is 2.57. The van der Waals surface area contributed by atoms with E-state index in [2.05, 4.69) is 15.3 Å². The van der Waals surface area contributed by atoms with Crippen molar-refractivity contribution in [2.75, 3.05) is 13.1 Å². The van der Waals surface area contributed by atoms with Crippen LogP contribution in [0.5, 0.6) is 0 Å². The van der Waals surface area contributed by atoms with Gasteiger partial charge < -0.3 is 19.9 Å². The number of nitrogens with one attached hydrogen (secondary N) is 2. The van der Waals surface area contributed by atoms with Gasteiger partial charge in [-0.1, -0.05) is 30.3 Å². The number of ether oxygens (including phenoxy) is 1. The highest BCUT2D eigenvalue weighted by Gasteiger charge is 2.30. The molecule has 0 aliphatic rings. The lowest BCUT2D eigenvalue weighted by molar-refractivity contribution is -0.157. The molecule has 1 atom stereocenters. The SMILES string of the molecule is CCN(CC)C(=O)c1[nH]cnc1C(=O)N[C@@H](Cc1ccccc1)C(=O)OC(C)(C)C. The Kier molecular flexibility index (Phi) is 7.74. The fourth-order valence-corrected chi connectivity index (χ4v) is 2.94. The molecule has 0 aliphatic heterocycles. The Labute approximate surface area is 177 Å². The van der Waals surface area contributed by atoms with E-state index in [1.165, 1.54) is 6.33 Å². The van der Waals surface area contributed by atoms with Crippen molar-refractivity contribution >= 4 is 17.8 Å². The molecule has 1 aromatic carbocycles. The molecular formula is C22H30N4O4. The van der Waals surface area contributed by atoms with Crippen LogP contribution in [0, 0.1) is 0 Å². The third kappa shape index (κ3) is 6.17. The van der Waals surface area contributed by atoms with Crippen LogP contribution >= 0.6 is 0 Å². The van der Waals surface area contributed by atoms with Crippen molar-refractivity contribution in [2.24, 2.45) is 0 Å². The number of nitrogens with zero attached hydrogens (tertiary/aromatic N) is 2. The van der Waals surface area contributed by atoms with Gasteiger partial charge in [0, 0.05) is 19.5 Å². The van der Waals surface area contributed by atoms with Gasteiger partial charge in [-0.3, -0.25) is 9.59 Å². The number of esters is 1. The first-order valence-electron chi connectivity index (χ1n) is 10.1. The number of H-pyrrole nitrogens is 1. The molecule has 1 aromatic heterocycles. The number of hydrogen-bond donors (Lipinski definition) is 2. The molecular weight excluding hydrogens is 384 g/mol. The molecule has 0 saturated carbocycles. The predicted molar refractivity (Wildman–Crippen MR) is 113 cm³/mol. The number of benzene rings is 1. The van der Waals surface area contributed by atoms with Gasteiger partial charge in [-0.25, -0.2) is 9.78 Å². The van der Waals surface area contributed by atoms with Gasteiger partial charge in [-0.2, -0.15) is 0 Å². The number of aromatic amines is 1. The Balaban J connectivity index is 2.25. The molecule has 30 heavy (non-hydrogen) atoms. The Morgan fingerprint density at radius 3 is 2.33 bits per heavy atom. The Bertz CT molecular complexity index is 867. The van der Waals surface area contributed by atoms with Crippen LogP contribution in [0.2, 0.25) is 0 Å². The monoisotopic (exact) mass is 414 g/mol. The maximum atomic E-state index is 12.9. The zero-order valence-electron chi connectivity index (χ0n) is 18.2. The zero-order chi connectivity index (χ0) is 22.3. The maximum Gasteiger partial charge on any atom is 0.329 e. The second-order valence-electron chi connectivity index (χ2n) is 7.85. The summed E-state index contributed by atoms with van der Waals surface area (Å²) < 4.78 is 5.48. The molecule has 0 fully saturated rings. The smallest absolute Gasteiger partial charge is 0.329 e. The number of carbonyl (C=O) groups excluding carboxylic acids is 3. The van der Waals surface area contributed by atoms with Gasteiger partial charge in [0.2, 0.25) is 0 Å². The largest absolute Gasteiger partial charge is 0.458 e. The highest BCUT2D eigenvalue weighted by molar-refractivity contribution is 6.05. The van der Waals surface area contributed by atoms with Crippen LogP contribution in [-0.2, 0) is 16.0 Å². The summed E-state index contributed by atoms with van der Waals surface area (Å²) in [5.41, 5.74) is 0.218. The summed E-state index contributed by atoms with van der Waals surface area (Å²) in [7, 11) is 0. The van der Waals surface area contributed by atoms with Gasteiger partial charge in [-0.05, 0) is 40.2 Å². The molecule has 8 heteroatoms. The molecule has 2 rings (SSSR count). The van der Waals surface area contributed by atoms with Gasteiger partial charge in [0.05, 0.1) is 6.33 Å². The summed E-state index contributed by atoms with van der Waals surface area (Å²) in [6.45, 7) is 10.0. The standard InChI is InChI=1S/C22H30N4O4/c1-6-26(7-2)20(28)18-17(23-14-24-18)19(27)25-16(21(29)30-22(3,4)5)13-15-11-9-8-10-12-15/h8-12,14,16H,6-7,13H2,1-5H3,(H,23,24)(H,25,27)/t16-/m0/s1. The highest BCUT2D eigenvalue weighted by atomic mass is 16.6. The normalized spacial score (nSPS) is 12.2. The molecule has 2 N–H and O–H groups in total. The van der Waals surface area contributed by atoms with Crippen molar-refractivity contribution in [3.05, 3.63) is 53.6 Å². The topological polar surface area (TPSA) is 104 Å². The third-order valence-electron chi connectivity index (χ3n) is 4.40. The molecule has 2 aromatic rings.